The second-order valence-corrected chi connectivity index (χ2v) is 6.44. The van der Waals surface area contributed by atoms with Crippen molar-refractivity contribution in [3.63, 3.8) is 0 Å². The number of hydrogen-bond acceptors (Lipinski definition) is 4. The summed E-state index contributed by atoms with van der Waals surface area (Å²) in [6.45, 7) is 0.367. The van der Waals surface area contributed by atoms with Crippen LogP contribution >= 0.6 is 0 Å². The molecule has 5 nitrogen and oxygen atoms in total. The zero-order valence-electron chi connectivity index (χ0n) is 15.6. The fourth-order valence-electron chi connectivity index (χ4n) is 2.94. The molecule has 3 aromatic carbocycles. The van der Waals surface area contributed by atoms with E-state index in [0.29, 0.717) is 24.3 Å². The number of aliphatic hydroxyl groups excluding tert-OH is 1. The number of ether oxygens (including phenoxy) is 1. The van der Waals surface area contributed by atoms with Gasteiger partial charge in [-0.3, -0.25) is 4.79 Å². The normalized spacial score (nSPS) is 11.6. The van der Waals surface area contributed by atoms with Crippen LogP contribution in [-0.2, 0) is 11.2 Å². The number of carbonyl (C=O) groups is 1. The van der Waals surface area contributed by atoms with Gasteiger partial charge in [-0.15, -0.1) is 0 Å². The summed E-state index contributed by atoms with van der Waals surface area (Å²) >= 11 is 0. The zero-order valence-corrected chi connectivity index (χ0v) is 15.6. The third-order valence-corrected chi connectivity index (χ3v) is 4.54. The Labute approximate surface area is 164 Å². The highest BCUT2D eigenvalue weighted by Gasteiger charge is 2.17. The lowest BCUT2D eigenvalue weighted by atomic mass is 10.0. The molecule has 0 saturated heterocycles. The molecule has 1 atom stereocenters. The molecule has 0 aliphatic carbocycles. The van der Waals surface area contributed by atoms with Crippen molar-refractivity contribution in [2.75, 3.05) is 13.7 Å². The van der Waals surface area contributed by atoms with E-state index < -0.39 is 12.0 Å². The zero-order chi connectivity index (χ0) is 19.9. The number of rotatable bonds is 7. The Morgan fingerprint density at radius 3 is 2.36 bits per heavy atom. The number of phenolic OH excluding ortho intramolecular Hbond substituents is 1. The molecule has 144 valence electrons. The van der Waals surface area contributed by atoms with Crippen LogP contribution in [0.2, 0.25) is 0 Å². The van der Waals surface area contributed by atoms with Gasteiger partial charge in [-0.25, -0.2) is 0 Å². The van der Waals surface area contributed by atoms with Gasteiger partial charge >= 0.3 is 0 Å². The molecule has 0 saturated carbocycles. The van der Waals surface area contributed by atoms with Crippen LogP contribution in [0.25, 0.3) is 11.1 Å². The number of aliphatic hydroxyl groups is 1. The van der Waals surface area contributed by atoms with Crippen molar-refractivity contribution in [2.24, 2.45) is 0 Å². The molecule has 0 aromatic heterocycles. The maximum Gasteiger partial charge on any atom is 0.253 e. The number of carbonyl (C=O) groups excluding carboxylic acids is 1. The fourth-order valence-corrected chi connectivity index (χ4v) is 2.94. The van der Waals surface area contributed by atoms with Gasteiger partial charge in [-0.1, -0.05) is 60.7 Å². The van der Waals surface area contributed by atoms with E-state index in [4.69, 9.17) is 4.74 Å². The number of aromatic hydroxyl groups is 1. The Kier molecular flexibility index (Phi) is 6.29. The number of hydrogen-bond donors (Lipinski definition) is 3. The number of methoxy groups -OCH3 is 1. The number of amides is 1. The minimum atomic E-state index is -1.22. The van der Waals surface area contributed by atoms with Gasteiger partial charge in [0, 0.05) is 6.54 Å². The van der Waals surface area contributed by atoms with E-state index >= 15 is 0 Å². The van der Waals surface area contributed by atoms with E-state index in [1.54, 1.807) is 30.3 Å². The summed E-state index contributed by atoms with van der Waals surface area (Å²) in [4.78, 5) is 12.2. The lowest BCUT2D eigenvalue weighted by Gasteiger charge is -2.13. The van der Waals surface area contributed by atoms with Crippen molar-refractivity contribution < 1.29 is 19.7 Å². The van der Waals surface area contributed by atoms with E-state index in [2.05, 4.69) is 5.32 Å². The first-order valence-electron chi connectivity index (χ1n) is 9.05. The van der Waals surface area contributed by atoms with Gasteiger partial charge in [-0.2, -0.15) is 0 Å². The molecule has 0 heterocycles. The van der Waals surface area contributed by atoms with Crippen LogP contribution in [0.5, 0.6) is 11.5 Å². The summed E-state index contributed by atoms with van der Waals surface area (Å²) in [5.41, 5.74) is 3.57. The minimum Gasteiger partial charge on any atom is -0.504 e. The third-order valence-electron chi connectivity index (χ3n) is 4.54. The molecule has 3 N–H and O–H groups in total. The topological polar surface area (TPSA) is 78.8 Å². The van der Waals surface area contributed by atoms with E-state index in [-0.39, 0.29) is 5.75 Å². The van der Waals surface area contributed by atoms with Crippen LogP contribution in [0.1, 0.15) is 17.2 Å². The quantitative estimate of drug-likeness (QED) is 0.589. The maximum absolute atomic E-state index is 12.2. The van der Waals surface area contributed by atoms with Gasteiger partial charge in [0.25, 0.3) is 5.91 Å². The summed E-state index contributed by atoms with van der Waals surface area (Å²) < 4.78 is 5.07. The van der Waals surface area contributed by atoms with Crippen molar-refractivity contribution in [1.29, 1.82) is 0 Å². The number of phenols is 1. The predicted molar refractivity (Wildman–Crippen MR) is 108 cm³/mol. The Bertz CT molecular complexity index is 923. The molecular formula is C23H23NO4. The van der Waals surface area contributed by atoms with E-state index in [9.17, 15) is 15.0 Å². The van der Waals surface area contributed by atoms with Gasteiger partial charge in [0.1, 0.15) is 0 Å². The fraction of sp³-hybridized carbons (Fsp3) is 0.174. The van der Waals surface area contributed by atoms with Crippen molar-refractivity contribution >= 4 is 5.91 Å². The third kappa shape index (κ3) is 4.69. The summed E-state index contributed by atoms with van der Waals surface area (Å²) in [6.07, 6.45) is -0.665. The Balaban J connectivity index is 1.55. The van der Waals surface area contributed by atoms with E-state index in [0.717, 1.165) is 16.7 Å². The van der Waals surface area contributed by atoms with Crippen LogP contribution < -0.4 is 10.1 Å². The van der Waals surface area contributed by atoms with Crippen molar-refractivity contribution in [1.82, 2.24) is 5.32 Å². The predicted octanol–water partition coefficient (Wildman–Crippen LogP) is 3.46. The van der Waals surface area contributed by atoms with Crippen molar-refractivity contribution in [3.8, 4) is 22.6 Å². The summed E-state index contributed by atoms with van der Waals surface area (Å²) in [6, 6.07) is 22.3. The Morgan fingerprint density at radius 2 is 1.68 bits per heavy atom. The highest BCUT2D eigenvalue weighted by Crippen LogP contribution is 2.26. The second-order valence-electron chi connectivity index (χ2n) is 6.44. The molecule has 1 amide bonds. The highest BCUT2D eigenvalue weighted by molar-refractivity contribution is 5.82. The molecule has 0 aliphatic rings. The Morgan fingerprint density at radius 1 is 1.00 bits per heavy atom. The Hall–Kier alpha value is -3.31. The number of nitrogens with one attached hydrogen (secondary N) is 1. The molecule has 0 unspecified atom stereocenters. The van der Waals surface area contributed by atoms with Crippen molar-refractivity contribution in [2.45, 2.75) is 12.5 Å². The maximum atomic E-state index is 12.2. The van der Waals surface area contributed by atoms with Crippen LogP contribution in [-0.4, -0.2) is 29.8 Å². The SMILES string of the molecule is COc1cc(CCNC(=O)[C@H](O)c2ccc(-c3ccccc3)cc2)ccc1O. The van der Waals surface area contributed by atoms with Gasteiger partial charge in [-0.05, 0) is 40.8 Å². The standard InChI is InChI=1S/C23H23NO4/c1-28-21-15-16(7-12-20(21)25)13-14-24-23(27)22(26)19-10-8-18(9-11-19)17-5-3-2-4-6-17/h2-12,15,22,25-26H,13-14H2,1H3,(H,24,27)/t22-/m1/s1. The van der Waals surface area contributed by atoms with Crippen molar-refractivity contribution in [3.05, 3.63) is 83.9 Å². The molecule has 3 aromatic rings. The molecular weight excluding hydrogens is 354 g/mol. The van der Waals surface area contributed by atoms with E-state index in [1.807, 2.05) is 42.5 Å². The lowest BCUT2D eigenvalue weighted by Crippen LogP contribution is -2.30. The highest BCUT2D eigenvalue weighted by atomic mass is 16.5. The minimum absolute atomic E-state index is 0.0738. The summed E-state index contributed by atoms with van der Waals surface area (Å²) in [7, 11) is 1.49. The average molecular weight is 377 g/mol. The molecule has 0 bridgehead atoms. The molecule has 0 fully saturated rings. The smallest absolute Gasteiger partial charge is 0.253 e. The van der Waals surface area contributed by atoms with Gasteiger partial charge < -0.3 is 20.3 Å². The van der Waals surface area contributed by atoms with Gasteiger partial charge in [0.15, 0.2) is 17.6 Å². The first-order chi connectivity index (χ1) is 13.6. The molecule has 3 rings (SSSR count). The molecule has 0 aliphatic heterocycles. The summed E-state index contributed by atoms with van der Waals surface area (Å²) in [5, 5.41) is 22.6. The molecule has 0 radical (unpaired) electrons. The summed E-state index contributed by atoms with van der Waals surface area (Å²) in [5.74, 6) is 0.0187. The first kappa shape index (κ1) is 19.5. The number of benzene rings is 3. The van der Waals surface area contributed by atoms with Gasteiger partial charge in [0.2, 0.25) is 0 Å². The molecule has 5 heteroatoms. The van der Waals surface area contributed by atoms with Crippen LogP contribution in [0.15, 0.2) is 72.8 Å². The molecule has 0 spiro atoms. The molecule has 28 heavy (non-hydrogen) atoms. The van der Waals surface area contributed by atoms with Crippen LogP contribution in [0.4, 0.5) is 0 Å². The lowest BCUT2D eigenvalue weighted by molar-refractivity contribution is -0.129. The largest absolute Gasteiger partial charge is 0.504 e. The average Bonchev–Trinajstić information content (AvgIpc) is 2.75. The van der Waals surface area contributed by atoms with Gasteiger partial charge in [0.05, 0.1) is 7.11 Å². The second kappa shape index (κ2) is 9.06. The first-order valence-corrected chi connectivity index (χ1v) is 9.05. The van der Waals surface area contributed by atoms with Crippen LogP contribution in [0, 0.1) is 0 Å². The van der Waals surface area contributed by atoms with E-state index in [1.165, 1.54) is 7.11 Å². The van der Waals surface area contributed by atoms with Crippen LogP contribution in [0.3, 0.4) is 0 Å². The monoisotopic (exact) mass is 377 g/mol.